The molecule has 0 fully saturated rings. The van der Waals surface area contributed by atoms with Crippen LogP contribution in [-0.4, -0.2) is 11.7 Å². The largest absolute Gasteiger partial charge is 0.494 e. The number of hydrogen-bond donors (Lipinski definition) is 0. The summed E-state index contributed by atoms with van der Waals surface area (Å²) in [6.45, 7) is 4.45. The first-order valence-corrected chi connectivity index (χ1v) is 9.42. The third-order valence-corrected chi connectivity index (χ3v) is 5.58. The number of ether oxygens (including phenoxy) is 1. The first kappa shape index (κ1) is 16.0. The van der Waals surface area contributed by atoms with E-state index in [4.69, 9.17) is 9.73 Å². The standard InChI is InChI=1S/C18H20N2OS2/c1-4-13(2)20-15(17-10-7-11-22-17)12-23-18(20)19-14-8-5-6-9-16(14)21-3/h5-13H,4H2,1-3H3. The summed E-state index contributed by atoms with van der Waals surface area (Å²) in [5.74, 6) is 0.800. The molecule has 1 atom stereocenters. The lowest BCUT2D eigenvalue weighted by Gasteiger charge is -2.14. The molecule has 0 N–H and O–H groups in total. The molecule has 2 aromatic heterocycles. The van der Waals surface area contributed by atoms with E-state index < -0.39 is 0 Å². The summed E-state index contributed by atoms with van der Waals surface area (Å²) >= 11 is 3.44. The number of thiazole rings is 1. The van der Waals surface area contributed by atoms with Crippen LogP contribution in [0, 0.1) is 0 Å². The summed E-state index contributed by atoms with van der Waals surface area (Å²) in [5, 5.41) is 4.32. The number of aromatic nitrogens is 1. The molecule has 0 saturated carbocycles. The second kappa shape index (κ2) is 7.15. The minimum absolute atomic E-state index is 0.395. The molecule has 120 valence electrons. The second-order valence-electron chi connectivity index (χ2n) is 5.29. The van der Waals surface area contributed by atoms with Gasteiger partial charge >= 0.3 is 0 Å². The number of hydrogen-bond acceptors (Lipinski definition) is 4. The molecule has 0 bridgehead atoms. The molecule has 3 rings (SSSR count). The fourth-order valence-corrected chi connectivity index (χ4v) is 4.25. The van der Waals surface area contributed by atoms with Crippen molar-refractivity contribution in [3.8, 4) is 16.3 Å². The van der Waals surface area contributed by atoms with Crippen molar-refractivity contribution in [3.63, 3.8) is 0 Å². The van der Waals surface area contributed by atoms with E-state index in [-0.39, 0.29) is 0 Å². The minimum Gasteiger partial charge on any atom is -0.494 e. The van der Waals surface area contributed by atoms with Crippen molar-refractivity contribution in [1.82, 2.24) is 4.57 Å². The topological polar surface area (TPSA) is 26.5 Å². The van der Waals surface area contributed by atoms with E-state index in [0.29, 0.717) is 6.04 Å². The molecular formula is C18H20N2OS2. The van der Waals surface area contributed by atoms with E-state index in [0.717, 1.165) is 22.7 Å². The van der Waals surface area contributed by atoms with Crippen LogP contribution in [0.25, 0.3) is 10.6 Å². The quantitative estimate of drug-likeness (QED) is 0.601. The van der Waals surface area contributed by atoms with Crippen LogP contribution in [0.3, 0.4) is 0 Å². The maximum absolute atomic E-state index is 5.43. The fraction of sp³-hybridized carbons (Fsp3) is 0.278. The Labute approximate surface area is 144 Å². The monoisotopic (exact) mass is 344 g/mol. The zero-order valence-corrected chi connectivity index (χ0v) is 15.2. The van der Waals surface area contributed by atoms with Crippen molar-refractivity contribution in [2.75, 3.05) is 7.11 Å². The average molecular weight is 345 g/mol. The Morgan fingerprint density at radius 2 is 2.00 bits per heavy atom. The Morgan fingerprint density at radius 3 is 2.70 bits per heavy atom. The highest BCUT2D eigenvalue weighted by molar-refractivity contribution is 7.14. The molecule has 0 aliphatic carbocycles. The third kappa shape index (κ3) is 3.26. The molecule has 0 amide bonds. The molecule has 0 spiro atoms. The number of benzene rings is 1. The van der Waals surface area contributed by atoms with Gasteiger partial charge < -0.3 is 9.30 Å². The van der Waals surface area contributed by atoms with Gasteiger partial charge in [-0.1, -0.05) is 25.1 Å². The van der Waals surface area contributed by atoms with Gasteiger partial charge in [0.05, 0.1) is 17.7 Å². The number of nitrogens with zero attached hydrogens (tertiary/aromatic N) is 2. The number of rotatable bonds is 5. The van der Waals surface area contributed by atoms with Gasteiger partial charge in [-0.15, -0.1) is 22.7 Å². The van der Waals surface area contributed by atoms with Crippen LogP contribution in [0.2, 0.25) is 0 Å². The van der Waals surface area contributed by atoms with Gasteiger partial charge in [0.15, 0.2) is 4.80 Å². The second-order valence-corrected chi connectivity index (χ2v) is 7.08. The third-order valence-electron chi connectivity index (χ3n) is 3.85. The summed E-state index contributed by atoms with van der Waals surface area (Å²) in [4.78, 5) is 7.16. The van der Waals surface area contributed by atoms with E-state index in [1.54, 1.807) is 29.8 Å². The Morgan fingerprint density at radius 1 is 1.17 bits per heavy atom. The van der Waals surface area contributed by atoms with Crippen LogP contribution in [0.1, 0.15) is 26.3 Å². The first-order chi connectivity index (χ1) is 11.2. The van der Waals surface area contributed by atoms with Gasteiger partial charge in [0.1, 0.15) is 11.4 Å². The first-order valence-electron chi connectivity index (χ1n) is 7.66. The number of thiophene rings is 1. The number of para-hydroxylation sites is 2. The summed E-state index contributed by atoms with van der Waals surface area (Å²) < 4.78 is 7.76. The smallest absolute Gasteiger partial charge is 0.190 e. The van der Waals surface area contributed by atoms with Crippen LogP contribution >= 0.6 is 22.7 Å². The lowest BCUT2D eigenvalue weighted by atomic mass is 10.2. The SMILES string of the molecule is CCC(C)n1c(-c2cccs2)csc1=Nc1ccccc1OC. The van der Waals surface area contributed by atoms with Crippen molar-refractivity contribution >= 4 is 28.4 Å². The van der Waals surface area contributed by atoms with Gasteiger partial charge in [-0.3, -0.25) is 0 Å². The van der Waals surface area contributed by atoms with Crippen molar-refractivity contribution in [2.45, 2.75) is 26.3 Å². The van der Waals surface area contributed by atoms with E-state index in [2.05, 4.69) is 41.3 Å². The Bertz CT molecular complexity index is 831. The van der Waals surface area contributed by atoms with E-state index in [1.165, 1.54) is 10.6 Å². The maximum atomic E-state index is 5.43. The summed E-state index contributed by atoms with van der Waals surface area (Å²) in [7, 11) is 1.68. The van der Waals surface area contributed by atoms with Crippen molar-refractivity contribution in [3.05, 3.63) is 52.0 Å². The average Bonchev–Trinajstić information content (AvgIpc) is 3.24. The molecule has 2 heterocycles. The van der Waals surface area contributed by atoms with Crippen molar-refractivity contribution in [1.29, 1.82) is 0 Å². The Kier molecular flexibility index (Phi) is 4.98. The summed E-state index contributed by atoms with van der Waals surface area (Å²) in [6, 6.07) is 12.5. The summed E-state index contributed by atoms with van der Waals surface area (Å²) in [6.07, 6.45) is 1.06. The van der Waals surface area contributed by atoms with E-state index in [9.17, 15) is 0 Å². The van der Waals surface area contributed by atoms with Crippen LogP contribution in [-0.2, 0) is 0 Å². The minimum atomic E-state index is 0.395. The molecule has 0 saturated heterocycles. The molecule has 1 aromatic carbocycles. The highest BCUT2D eigenvalue weighted by Gasteiger charge is 2.13. The van der Waals surface area contributed by atoms with Crippen molar-refractivity contribution in [2.24, 2.45) is 4.99 Å². The zero-order valence-electron chi connectivity index (χ0n) is 13.5. The van der Waals surface area contributed by atoms with Crippen LogP contribution in [0.15, 0.2) is 52.2 Å². The number of methoxy groups -OCH3 is 1. The summed E-state index contributed by atoms with van der Waals surface area (Å²) in [5.41, 5.74) is 2.11. The highest BCUT2D eigenvalue weighted by Crippen LogP contribution is 2.30. The predicted octanol–water partition coefficient (Wildman–Crippen LogP) is 5.49. The fourth-order valence-electron chi connectivity index (χ4n) is 2.44. The zero-order chi connectivity index (χ0) is 16.2. The van der Waals surface area contributed by atoms with E-state index in [1.807, 2.05) is 24.3 Å². The maximum Gasteiger partial charge on any atom is 0.190 e. The van der Waals surface area contributed by atoms with E-state index >= 15 is 0 Å². The van der Waals surface area contributed by atoms with Crippen LogP contribution in [0.4, 0.5) is 5.69 Å². The molecule has 1 unspecified atom stereocenters. The van der Waals surface area contributed by atoms with Gasteiger partial charge in [-0.25, -0.2) is 4.99 Å². The molecule has 3 nitrogen and oxygen atoms in total. The molecule has 0 radical (unpaired) electrons. The normalized spacial score (nSPS) is 13.3. The van der Waals surface area contributed by atoms with Gasteiger partial charge in [0.2, 0.25) is 0 Å². The highest BCUT2D eigenvalue weighted by atomic mass is 32.1. The molecule has 0 aliphatic heterocycles. The van der Waals surface area contributed by atoms with Gasteiger partial charge in [-0.2, -0.15) is 0 Å². The van der Waals surface area contributed by atoms with Crippen LogP contribution in [0.5, 0.6) is 5.75 Å². The van der Waals surface area contributed by atoms with Gasteiger partial charge in [-0.05, 0) is 36.9 Å². The molecule has 23 heavy (non-hydrogen) atoms. The molecule has 5 heteroatoms. The lowest BCUT2D eigenvalue weighted by molar-refractivity contribution is 0.416. The lowest BCUT2D eigenvalue weighted by Crippen LogP contribution is -2.19. The Balaban J connectivity index is 2.18. The Hall–Kier alpha value is -1.85. The molecule has 3 aromatic rings. The van der Waals surface area contributed by atoms with Crippen LogP contribution < -0.4 is 9.54 Å². The molecule has 0 aliphatic rings. The molecular weight excluding hydrogens is 324 g/mol. The predicted molar refractivity (Wildman–Crippen MR) is 98.8 cm³/mol. The van der Waals surface area contributed by atoms with Gasteiger partial charge in [0, 0.05) is 11.4 Å². The van der Waals surface area contributed by atoms with Crippen molar-refractivity contribution < 1.29 is 4.74 Å². The van der Waals surface area contributed by atoms with Gasteiger partial charge in [0.25, 0.3) is 0 Å².